The molecule has 0 atom stereocenters. The van der Waals surface area contributed by atoms with Gasteiger partial charge in [0.15, 0.2) is 0 Å². The minimum atomic E-state index is 0.887. The smallest absolute Gasteiger partial charge is 0.135 e. The minimum Gasteiger partial charge on any atom is -0.456 e. The summed E-state index contributed by atoms with van der Waals surface area (Å²) in [6.07, 6.45) is 0. The fourth-order valence-electron chi connectivity index (χ4n) is 8.69. The van der Waals surface area contributed by atoms with E-state index in [0.717, 1.165) is 61.3 Å². The first-order valence-electron chi connectivity index (χ1n) is 19.8. The molecule has 0 aliphatic heterocycles. The van der Waals surface area contributed by atoms with Crippen LogP contribution in [-0.2, 0) is 0 Å². The highest BCUT2D eigenvalue weighted by atomic mass is 16.3. The Morgan fingerprint density at radius 3 is 1.55 bits per heavy atom. The summed E-state index contributed by atoms with van der Waals surface area (Å²) in [5.41, 5.74) is 14.4. The second kappa shape index (κ2) is 14.1. The number of hydrogen-bond acceptors (Lipinski definition) is 2. The van der Waals surface area contributed by atoms with E-state index in [1.165, 1.54) is 43.8 Å². The Labute approximate surface area is 337 Å². The molecule has 0 fully saturated rings. The number of para-hydroxylation sites is 1. The minimum absolute atomic E-state index is 0.887. The molecule has 0 spiro atoms. The largest absolute Gasteiger partial charge is 0.456 e. The molecule has 0 amide bonds. The SMILES string of the molecule is c1ccc(-c2ccc(-c3c(-c4ccc5oc6ccccc6c5c4)cccc3N(c3ccc(-c4ccccc4)cc3)c3cc4ccccc4c4ccccc34)cc2)cc1. The highest BCUT2D eigenvalue weighted by molar-refractivity contribution is 6.15. The molecule has 0 aliphatic carbocycles. The van der Waals surface area contributed by atoms with Crippen LogP contribution in [0, 0.1) is 0 Å². The van der Waals surface area contributed by atoms with Crippen LogP contribution in [0.1, 0.15) is 0 Å². The van der Waals surface area contributed by atoms with Gasteiger partial charge in [0.25, 0.3) is 0 Å². The number of nitrogens with zero attached hydrogens (tertiary/aromatic N) is 1. The predicted molar refractivity (Wildman–Crippen MR) is 245 cm³/mol. The number of hydrogen-bond donors (Lipinski definition) is 0. The van der Waals surface area contributed by atoms with Gasteiger partial charge in [-0.05, 0) is 97.6 Å². The molecule has 11 aromatic rings. The molecular formula is C56H37NO. The summed E-state index contributed by atoms with van der Waals surface area (Å²) in [7, 11) is 0. The second-order valence-electron chi connectivity index (χ2n) is 14.9. The lowest BCUT2D eigenvalue weighted by Gasteiger charge is -2.31. The van der Waals surface area contributed by atoms with Gasteiger partial charge in [0, 0.05) is 27.4 Å². The summed E-state index contributed by atoms with van der Waals surface area (Å²) >= 11 is 0. The molecule has 11 rings (SSSR count). The Balaban J connectivity index is 1.20. The van der Waals surface area contributed by atoms with Crippen LogP contribution >= 0.6 is 0 Å². The van der Waals surface area contributed by atoms with E-state index >= 15 is 0 Å². The quantitative estimate of drug-likeness (QED) is 0.151. The maximum Gasteiger partial charge on any atom is 0.135 e. The van der Waals surface area contributed by atoms with Crippen LogP contribution < -0.4 is 4.90 Å². The molecule has 0 radical (unpaired) electrons. The standard InChI is InChI=1S/C56H37NO/c1-3-14-38(15-4-1)40-26-28-42(29-27-40)56-47(44-32-35-55-51(36-44)50-22-11-12-25-54(50)58-55)23-13-24-52(56)57(45-33-30-41(31-34-45)39-16-5-2-6-17-39)53-37-43-18-7-8-19-46(43)48-20-9-10-21-49(48)53/h1-37H. The highest BCUT2D eigenvalue weighted by Crippen LogP contribution is 2.49. The third kappa shape index (κ3) is 5.82. The van der Waals surface area contributed by atoms with Gasteiger partial charge in [-0.2, -0.15) is 0 Å². The Morgan fingerprint density at radius 1 is 0.293 bits per heavy atom. The molecule has 0 saturated heterocycles. The first-order chi connectivity index (χ1) is 28.8. The van der Waals surface area contributed by atoms with Crippen LogP contribution in [0.3, 0.4) is 0 Å². The summed E-state index contributed by atoms with van der Waals surface area (Å²) in [5, 5.41) is 7.08. The summed E-state index contributed by atoms with van der Waals surface area (Å²) in [6.45, 7) is 0. The number of fused-ring (bicyclic) bond motifs is 6. The van der Waals surface area contributed by atoms with Crippen molar-refractivity contribution in [3.8, 4) is 44.5 Å². The van der Waals surface area contributed by atoms with Gasteiger partial charge in [-0.25, -0.2) is 0 Å². The van der Waals surface area contributed by atoms with Crippen LogP contribution in [0.4, 0.5) is 17.1 Å². The van der Waals surface area contributed by atoms with Crippen LogP contribution in [0.25, 0.3) is 88.0 Å². The molecule has 58 heavy (non-hydrogen) atoms. The van der Waals surface area contributed by atoms with Crippen molar-refractivity contribution in [1.82, 2.24) is 0 Å². The Hall–Kier alpha value is -7.68. The maximum atomic E-state index is 6.30. The molecule has 272 valence electrons. The Bertz CT molecular complexity index is 3250. The van der Waals surface area contributed by atoms with Gasteiger partial charge in [-0.3, -0.25) is 0 Å². The van der Waals surface area contributed by atoms with E-state index in [0.29, 0.717) is 0 Å². The maximum absolute atomic E-state index is 6.30. The molecule has 0 unspecified atom stereocenters. The number of furan rings is 1. The lowest BCUT2D eigenvalue weighted by molar-refractivity contribution is 0.669. The van der Waals surface area contributed by atoms with Crippen LogP contribution in [0.5, 0.6) is 0 Å². The lowest BCUT2D eigenvalue weighted by Crippen LogP contribution is -2.12. The van der Waals surface area contributed by atoms with Crippen molar-refractivity contribution in [2.24, 2.45) is 0 Å². The highest BCUT2D eigenvalue weighted by Gasteiger charge is 2.24. The van der Waals surface area contributed by atoms with E-state index in [1.54, 1.807) is 0 Å². The third-order valence-electron chi connectivity index (χ3n) is 11.5. The molecule has 0 N–H and O–H groups in total. The molecule has 0 aliphatic rings. The van der Waals surface area contributed by atoms with E-state index in [1.807, 2.05) is 12.1 Å². The average molecular weight is 740 g/mol. The molecule has 0 saturated carbocycles. The predicted octanol–water partition coefficient (Wildman–Crippen LogP) is 16.0. The zero-order chi connectivity index (χ0) is 38.4. The van der Waals surface area contributed by atoms with Crippen molar-refractivity contribution < 1.29 is 4.42 Å². The van der Waals surface area contributed by atoms with E-state index in [9.17, 15) is 0 Å². The van der Waals surface area contributed by atoms with E-state index in [2.05, 4.69) is 217 Å². The molecular weight excluding hydrogens is 703 g/mol. The van der Waals surface area contributed by atoms with E-state index in [4.69, 9.17) is 4.42 Å². The Morgan fingerprint density at radius 2 is 0.828 bits per heavy atom. The number of rotatable bonds is 7. The van der Waals surface area contributed by atoms with Crippen molar-refractivity contribution in [3.63, 3.8) is 0 Å². The van der Waals surface area contributed by atoms with Crippen molar-refractivity contribution >= 4 is 60.5 Å². The molecule has 1 aromatic heterocycles. The number of anilines is 3. The second-order valence-corrected chi connectivity index (χ2v) is 14.9. The molecule has 10 aromatic carbocycles. The van der Waals surface area contributed by atoms with Crippen LogP contribution in [-0.4, -0.2) is 0 Å². The fraction of sp³-hybridized carbons (Fsp3) is 0. The first-order valence-corrected chi connectivity index (χ1v) is 19.8. The third-order valence-corrected chi connectivity index (χ3v) is 11.5. The summed E-state index contributed by atoms with van der Waals surface area (Å²) in [4.78, 5) is 2.47. The summed E-state index contributed by atoms with van der Waals surface area (Å²) in [6, 6.07) is 80.9. The van der Waals surface area contributed by atoms with Crippen molar-refractivity contribution in [1.29, 1.82) is 0 Å². The zero-order valence-electron chi connectivity index (χ0n) is 31.7. The lowest BCUT2D eigenvalue weighted by atomic mass is 9.90. The van der Waals surface area contributed by atoms with Gasteiger partial charge in [0.05, 0.1) is 11.4 Å². The number of benzene rings is 10. The zero-order valence-corrected chi connectivity index (χ0v) is 31.7. The Kier molecular flexibility index (Phi) is 8.19. The van der Waals surface area contributed by atoms with Gasteiger partial charge in [-0.1, -0.05) is 182 Å². The van der Waals surface area contributed by atoms with Crippen LogP contribution in [0.15, 0.2) is 229 Å². The summed E-state index contributed by atoms with van der Waals surface area (Å²) in [5.74, 6) is 0. The van der Waals surface area contributed by atoms with Gasteiger partial charge in [0.2, 0.25) is 0 Å². The van der Waals surface area contributed by atoms with Gasteiger partial charge in [-0.15, -0.1) is 0 Å². The van der Waals surface area contributed by atoms with Crippen molar-refractivity contribution in [2.45, 2.75) is 0 Å². The molecule has 2 heteroatoms. The monoisotopic (exact) mass is 739 g/mol. The van der Waals surface area contributed by atoms with Crippen molar-refractivity contribution in [2.75, 3.05) is 4.90 Å². The molecule has 2 nitrogen and oxygen atoms in total. The topological polar surface area (TPSA) is 16.4 Å². The summed E-state index contributed by atoms with van der Waals surface area (Å²) < 4.78 is 6.30. The normalized spacial score (nSPS) is 11.4. The van der Waals surface area contributed by atoms with Gasteiger partial charge in [0.1, 0.15) is 11.2 Å². The van der Waals surface area contributed by atoms with Crippen LogP contribution in [0.2, 0.25) is 0 Å². The fourth-order valence-corrected chi connectivity index (χ4v) is 8.69. The molecule has 0 bridgehead atoms. The van der Waals surface area contributed by atoms with Crippen molar-refractivity contribution in [3.05, 3.63) is 224 Å². The average Bonchev–Trinajstić information content (AvgIpc) is 3.68. The van der Waals surface area contributed by atoms with E-state index < -0.39 is 0 Å². The van der Waals surface area contributed by atoms with E-state index in [-0.39, 0.29) is 0 Å². The van der Waals surface area contributed by atoms with Gasteiger partial charge < -0.3 is 9.32 Å². The molecule has 1 heterocycles. The first kappa shape index (κ1) is 33.6. The van der Waals surface area contributed by atoms with Gasteiger partial charge >= 0.3 is 0 Å².